The highest BCUT2D eigenvalue weighted by atomic mass is 16.5. The molecule has 0 saturated carbocycles. The highest BCUT2D eigenvalue weighted by Crippen LogP contribution is 2.31. The van der Waals surface area contributed by atoms with Crippen molar-refractivity contribution in [1.29, 1.82) is 0 Å². The number of pyridine rings is 1. The summed E-state index contributed by atoms with van der Waals surface area (Å²) in [6, 6.07) is 1.88. The molecule has 0 unspecified atom stereocenters. The number of rotatable bonds is 3. The monoisotopic (exact) mass is 218 g/mol. The molecule has 2 aromatic rings. The number of hydrogen-bond donors (Lipinski definition) is 2. The number of nitrogens with zero attached hydrogens (tertiary/aromatic N) is 2. The first-order valence-electron chi connectivity index (χ1n) is 5.09. The van der Waals surface area contributed by atoms with Crippen LogP contribution in [0.5, 0.6) is 5.75 Å². The van der Waals surface area contributed by atoms with Gasteiger partial charge in [0.25, 0.3) is 0 Å². The van der Waals surface area contributed by atoms with E-state index in [1.165, 1.54) is 0 Å². The second-order valence-corrected chi connectivity index (χ2v) is 3.39. The van der Waals surface area contributed by atoms with Crippen LogP contribution in [-0.4, -0.2) is 22.3 Å². The molecule has 0 radical (unpaired) electrons. The number of aromatic nitrogens is 3. The van der Waals surface area contributed by atoms with Crippen molar-refractivity contribution in [2.75, 3.05) is 12.8 Å². The van der Waals surface area contributed by atoms with Gasteiger partial charge in [0.05, 0.1) is 19.0 Å². The first-order chi connectivity index (χ1) is 7.77. The van der Waals surface area contributed by atoms with E-state index in [0.29, 0.717) is 11.6 Å². The molecule has 0 saturated heterocycles. The van der Waals surface area contributed by atoms with Crippen molar-refractivity contribution in [3.63, 3.8) is 0 Å². The third-order valence-electron chi connectivity index (χ3n) is 2.53. The van der Waals surface area contributed by atoms with E-state index >= 15 is 0 Å². The summed E-state index contributed by atoms with van der Waals surface area (Å²) in [6.45, 7) is 2.04. The van der Waals surface area contributed by atoms with Gasteiger partial charge in [0, 0.05) is 17.3 Å². The van der Waals surface area contributed by atoms with Gasteiger partial charge in [-0.1, -0.05) is 6.92 Å². The summed E-state index contributed by atoms with van der Waals surface area (Å²) in [6.07, 6.45) is 4.21. The molecule has 5 heteroatoms. The molecular formula is C11H14N4O. The summed E-state index contributed by atoms with van der Waals surface area (Å²) >= 11 is 0. The molecule has 0 amide bonds. The second-order valence-electron chi connectivity index (χ2n) is 3.39. The zero-order valence-electron chi connectivity index (χ0n) is 9.32. The summed E-state index contributed by atoms with van der Waals surface area (Å²) in [5, 5.41) is 6.95. The van der Waals surface area contributed by atoms with Crippen molar-refractivity contribution in [1.82, 2.24) is 15.2 Å². The number of methoxy groups -OCH3 is 1. The number of H-pyrrole nitrogens is 1. The average Bonchev–Trinajstić information content (AvgIpc) is 2.70. The minimum atomic E-state index is 0.538. The molecule has 0 bridgehead atoms. The number of aromatic amines is 1. The first kappa shape index (κ1) is 10.5. The van der Waals surface area contributed by atoms with E-state index in [2.05, 4.69) is 15.2 Å². The maximum Gasteiger partial charge on any atom is 0.149 e. The maximum absolute atomic E-state index is 5.78. The van der Waals surface area contributed by atoms with Crippen LogP contribution in [0.3, 0.4) is 0 Å². The SMILES string of the molecule is CCc1c(N)n[nH]c1-c1ccncc1OC. The third-order valence-corrected chi connectivity index (χ3v) is 2.53. The predicted molar refractivity (Wildman–Crippen MR) is 62.2 cm³/mol. The van der Waals surface area contributed by atoms with Crippen LogP contribution < -0.4 is 10.5 Å². The number of nitrogen functional groups attached to an aromatic ring is 1. The normalized spacial score (nSPS) is 10.4. The smallest absolute Gasteiger partial charge is 0.149 e. The topological polar surface area (TPSA) is 76.8 Å². The van der Waals surface area contributed by atoms with Gasteiger partial charge in [-0.3, -0.25) is 10.1 Å². The van der Waals surface area contributed by atoms with Crippen LogP contribution >= 0.6 is 0 Å². The fourth-order valence-electron chi connectivity index (χ4n) is 1.71. The van der Waals surface area contributed by atoms with E-state index in [1.54, 1.807) is 19.5 Å². The maximum atomic E-state index is 5.78. The van der Waals surface area contributed by atoms with E-state index in [1.807, 2.05) is 13.0 Å². The van der Waals surface area contributed by atoms with Gasteiger partial charge in [0.15, 0.2) is 0 Å². The van der Waals surface area contributed by atoms with E-state index in [0.717, 1.165) is 23.2 Å². The lowest BCUT2D eigenvalue weighted by Crippen LogP contribution is -1.93. The van der Waals surface area contributed by atoms with Crippen LogP contribution in [0.4, 0.5) is 5.82 Å². The minimum absolute atomic E-state index is 0.538. The van der Waals surface area contributed by atoms with Gasteiger partial charge in [0.2, 0.25) is 0 Å². The number of anilines is 1. The highest BCUT2D eigenvalue weighted by Gasteiger charge is 2.14. The van der Waals surface area contributed by atoms with Crippen LogP contribution in [0.15, 0.2) is 18.5 Å². The molecule has 0 fully saturated rings. The number of ether oxygens (including phenoxy) is 1. The molecule has 0 aromatic carbocycles. The quantitative estimate of drug-likeness (QED) is 0.820. The van der Waals surface area contributed by atoms with Gasteiger partial charge >= 0.3 is 0 Å². The van der Waals surface area contributed by atoms with Crippen molar-refractivity contribution < 1.29 is 4.74 Å². The van der Waals surface area contributed by atoms with Gasteiger partial charge in [-0.2, -0.15) is 5.10 Å². The van der Waals surface area contributed by atoms with Crippen LogP contribution in [0, 0.1) is 0 Å². The van der Waals surface area contributed by atoms with Gasteiger partial charge in [-0.05, 0) is 12.5 Å². The second kappa shape index (κ2) is 4.22. The molecule has 16 heavy (non-hydrogen) atoms. The lowest BCUT2D eigenvalue weighted by atomic mass is 10.1. The Bertz CT molecular complexity index is 492. The third kappa shape index (κ3) is 1.60. The summed E-state index contributed by atoms with van der Waals surface area (Å²) < 4.78 is 5.26. The van der Waals surface area contributed by atoms with Crippen LogP contribution in [0.25, 0.3) is 11.3 Å². The van der Waals surface area contributed by atoms with Crippen molar-refractivity contribution in [3.8, 4) is 17.0 Å². The van der Waals surface area contributed by atoms with Gasteiger partial charge in [-0.25, -0.2) is 0 Å². The van der Waals surface area contributed by atoms with E-state index < -0.39 is 0 Å². The van der Waals surface area contributed by atoms with Crippen LogP contribution in [0.1, 0.15) is 12.5 Å². The molecule has 0 spiro atoms. The Hall–Kier alpha value is -2.04. The molecule has 2 heterocycles. The fourth-order valence-corrected chi connectivity index (χ4v) is 1.71. The molecule has 2 rings (SSSR count). The average molecular weight is 218 g/mol. The van der Waals surface area contributed by atoms with Crippen molar-refractivity contribution in [2.24, 2.45) is 0 Å². The molecule has 3 N–H and O–H groups in total. The van der Waals surface area contributed by atoms with E-state index in [-0.39, 0.29) is 0 Å². The highest BCUT2D eigenvalue weighted by molar-refractivity contribution is 5.72. The lowest BCUT2D eigenvalue weighted by molar-refractivity contribution is 0.414. The standard InChI is InChI=1S/C11H14N4O/c1-3-7-10(14-15-11(7)12)8-4-5-13-6-9(8)16-2/h4-6H,3H2,1-2H3,(H3,12,14,15). The van der Waals surface area contributed by atoms with Gasteiger partial charge in [0.1, 0.15) is 11.6 Å². The Morgan fingerprint density at radius 3 is 3.00 bits per heavy atom. The number of nitrogens with one attached hydrogen (secondary N) is 1. The summed E-state index contributed by atoms with van der Waals surface area (Å²) in [5.74, 6) is 1.25. The van der Waals surface area contributed by atoms with Crippen LogP contribution in [0.2, 0.25) is 0 Å². The lowest BCUT2D eigenvalue weighted by Gasteiger charge is -2.07. The molecule has 84 valence electrons. The Kier molecular flexibility index (Phi) is 2.76. The molecule has 2 aromatic heterocycles. The molecule has 5 nitrogen and oxygen atoms in total. The Labute approximate surface area is 93.7 Å². The fraction of sp³-hybridized carbons (Fsp3) is 0.273. The summed E-state index contributed by atoms with van der Waals surface area (Å²) in [7, 11) is 1.62. The first-order valence-corrected chi connectivity index (χ1v) is 5.09. The van der Waals surface area contributed by atoms with Crippen molar-refractivity contribution in [2.45, 2.75) is 13.3 Å². The zero-order valence-corrected chi connectivity index (χ0v) is 9.32. The Balaban J connectivity index is 2.58. The van der Waals surface area contributed by atoms with E-state index in [9.17, 15) is 0 Å². The predicted octanol–water partition coefficient (Wildman–Crippen LogP) is 1.62. The van der Waals surface area contributed by atoms with Crippen LogP contribution in [-0.2, 0) is 6.42 Å². The molecule has 0 aliphatic carbocycles. The molecule has 0 aliphatic heterocycles. The number of hydrogen-bond acceptors (Lipinski definition) is 4. The Morgan fingerprint density at radius 2 is 2.31 bits per heavy atom. The summed E-state index contributed by atoms with van der Waals surface area (Å²) in [4.78, 5) is 4.01. The van der Waals surface area contributed by atoms with Crippen molar-refractivity contribution in [3.05, 3.63) is 24.0 Å². The van der Waals surface area contributed by atoms with Crippen molar-refractivity contribution >= 4 is 5.82 Å². The van der Waals surface area contributed by atoms with Gasteiger partial charge in [-0.15, -0.1) is 0 Å². The largest absolute Gasteiger partial charge is 0.494 e. The molecule has 0 aliphatic rings. The molecule has 0 atom stereocenters. The Morgan fingerprint density at radius 1 is 1.50 bits per heavy atom. The summed E-state index contributed by atoms with van der Waals surface area (Å²) in [5.41, 5.74) is 8.62. The number of nitrogens with two attached hydrogens (primary N) is 1. The van der Waals surface area contributed by atoms with E-state index in [4.69, 9.17) is 10.5 Å². The molecular weight excluding hydrogens is 204 g/mol. The zero-order chi connectivity index (χ0) is 11.5. The minimum Gasteiger partial charge on any atom is -0.494 e. The van der Waals surface area contributed by atoms with Gasteiger partial charge < -0.3 is 10.5 Å².